The minimum absolute atomic E-state index is 0.0158. The molecule has 3 N–H and O–H groups in total. The molecule has 0 bridgehead atoms. The van der Waals surface area contributed by atoms with Crippen molar-refractivity contribution < 1.29 is 4.79 Å². The first kappa shape index (κ1) is 17.1. The highest BCUT2D eigenvalue weighted by molar-refractivity contribution is 7.99. The van der Waals surface area contributed by atoms with Crippen LogP contribution in [0.15, 0.2) is 35.6 Å². The van der Waals surface area contributed by atoms with Gasteiger partial charge in [-0.3, -0.25) is 9.89 Å². The fourth-order valence-corrected chi connectivity index (χ4v) is 4.20. The van der Waals surface area contributed by atoms with Crippen molar-refractivity contribution in [1.29, 1.82) is 0 Å². The molecule has 2 heterocycles. The number of hydrogen-bond donors (Lipinski definition) is 3. The molecule has 0 aliphatic heterocycles. The Morgan fingerprint density at radius 2 is 2.12 bits per heavy atom. The first-order chi connectivity index (χ1) is 12.8. The van der Waals surface area contributed by atoms with Crippen LogP contribution in [0.25, 0.3) is 10.9 Å². The lowest BCUT2D eigenvalue weighted by Crippen LogP contribution is -2.27. The molecule has 1 aliphatic rings. The Balaban J connectivity index is 1.22. The lowest BCUT2D eigenvalue weighted by Gasteiger charge is -2.04. The van der Waals surface area contributed by atoms with Crippen LogP contribution in [0.4, 0.5) is 0 Å². The molecule has 4 rings (SSSR count). The second-order valence-electron chi connectivity index (χ2n) is 6.73. The minimum Gasteiger partial charge on any atom is -0.361 e. The fraction of sp³-hybridized carbons (Fsp3) is 0.421. The molecule has 1 amide bonds. The van der Waals surface area contributed by atoms with E-state index >= 15 is 0 Å². The summed E-state index contributed by atoms with van der Waals surface area (Å²) < 4.78 is 0. The van der Waals surface area contributed by atoms with Gasteiger partial charge in [-0.1, -0.05) is 42.8 Å². The molecule has 7 heteroatoms. The van der Waals surface area contributed by atoms with Gasteiger partial charge in [-0.2, -0.15) is 0 Å². The molecule has 1 aromatic carbocycles. The quantitative estimate of drug-likeness (QED) is 0.557. The molecule has 6 nitrogen and oxygen atoms in total. The number of thioether (sulfide) groups is 1. The molecule has 0 saturated heterocycles. The van der Waals surface area contributed by atoms with Crippen LogP contribution in [0.2, 0.25) is 0 Å². The molecule has 0 unspecified atom stereocenters. The molecule has 1 saturated carbocycles. The van der Waals surface area contributed by atoms with Crippen molar-refractivity contribution in [2.75, 3.05) is 12.3 Å². The summed E-state index contributed by atoms with van der Waals surface area (Å²) in [5, 5.41) is 12.1. The number of hydrogen-bond acceptors (Lipinski definition) is 4. The van der Waals surface area contributed by atoms with Crippen LogP contribution in [0.5, 0.6) is 0 Å². The summed E-state index contributed by atoms with van der Waals surface area (Å²) in [5.41, 5.74) is 2.36. The topological polar surface area (TPSA) is 86.5 Å². The lowest BCUT2D eigenvalue weighted by atomic mass is 10.1. The zero-order valence-electron chi connectivity index (χ0n) is 14.6. The van der Waals surface area contributed by atoms with E-state index in [1.54, 1.807) is 0 Å². The van der Waals surface area contributed by atoms with Gasteiger partial charge in [-0.15, -0.1) is 5.10 Å². The number of rotatable bonds is 7. The van der Waals surface area contributed by atoms with Gasteiger partial charge in [0.15, 0.2) is 0 Å². The number of nitrogens with one attached hydrogen (secondary N) is 3. The summed E-state index contributed by atoms with van der Waals surface area (Å²) in [6.07, 6.45) is 7.75. The lowest BCUT2D eigenvalue weighted by molar-refractivity contribution is -0.118. The maximum absolute atomic E-state index is 12.1. The number of amides is 1. The van der Waals surface area contributed by atoms with E-state index in [0.717, 1.165) is 17.8 Å². The van der Waals surface area contributed by atoms with Gasteiger partial charge in [0.2, 0.25) is 11.1 Å². The number of nitrogens with zero attached hydrogens (tertiary/aromatic N) is 2. The SMILES string of the molecule is O=C(CSc1n[nH]c(C2CCCC2)n1)NCCc1c[nH]c2ccccc12. The Morgan fingerprint density at radius 3 is 3.00 bits per heavy atom. The van der Waals surface area contributed by atoms with E-state index in [0.29, 0.717) is 23.4 Å². The van der Waals surface area contributed by atoms with Gasteiger partial charge in [-0.25, -0.2) is 4.98 Å². The zero-order chi connectivity index (χ0) is 17.8. The Hall–Kier alpha value is -2.28. The van der Waals surface area contributed by atoms with Crippen molar-refractivity contribution in [3.8, 4) is 0 Å². The van der Waals surface area contributed by atoms with Gasteiger partial charge < -0.3 is 10.3 Å². The zero-order valence-corrected chi connectivity index (χ0v) is 15.4. The second-order valence-corrected chi connectivity index (χ2v) is 7.68. The summed E-state index contributed by atoms with van der Waals surface area (Å²) in [6.45, 7) is 0.628. The molecule has 1 aliphatic carbocycles. The number of benzene rings is 1. The van der Waals surface area contributed by atoms with Crippen LogP contribution in [-0.4, -0.2) is 38.4 Å². The fourth-order valence-electron chi connectivity index (χ4n) is 3.56. The second kappa shape index (κ2) is 7.95. The van der Waals surface area contributed by atoms with Crippen LogP contribution in [0.3, 0.4) is 0 Å². The van der Waals surface area contributed by atoms with E-state index in [-0.39, 0.29) is 5.91 Å². The van der Waals surface area contributed by atoms with Gasteiger partial charge in [0.25, 0.3) is 0 Å². The molecular formula is C19H23N5OS. The maximum atomic E-state index is 12.1. The van der Waals surface area contributed by atoms with Crippen LogP contribution in [0.1, 0.15) is 43.0 Å². The maximum Gasteiger partial charge on any atom is 0.230 e. The first-order valence-electron chi connectivity index (χ1n) is 9.16. The number of aromatic nitrogens is 4. The molecule has 26 heavy (non-hydrogen) atoms. The van der Waals surface area contributed by atoms with E-state index in [9.17, 15) is 4.79 Å². The molecular weight excluding hydrogens is 346 g/mol. The molecule has 2 aromatic heterocycles. The van der Waals surface area contributed by atoms with E-state index < -0.39 is 0 Å². The average Bonchev–Trinajstić information content (AvgIpc) is 3.40. The van der Waals surface area contributed by atoms with Crippen molar-refractivity contribution in [2.45, 2.75) is 43.2 Å². The van der Waals surface area contributed by atoms with Crippen molar-refractivity contribution >= 4 is 28.6 Å². The molecule has 0 atom stereocenters. The highest BCUT2D eigenvalue weighted by Crippen LogP contribution is 2.32. The predicted octanol–water partition coefficient (Wildman–Crippen LogP) is 3.39. The van der Waals surface area contributed by atoms with Gasteiger partial charge in [-0.05, 0) is 30.9 Å². The Bertz CT molecular complexity index is 881. The molecule has 3 aromatic rings. The molecule has 1 fully saturated rings. The highest BCUT2D eigenvalue weighted by atomic mass is 32.2. The first-order valence-corrected chi connectivity index (χ1v) is 10.1. The Kier molecular flexibility index (Phi) is 5.24. The molecule has 0 spiro atoms. The molecule has 136 valence electrons. The van der Waals surface area contributed by atoms with E-state index in [4.69, 9.17) is 0 Å². The monoisotopic (exact) mass is 369 g/mol. The van der Waals surface area contributed by atoms with Crippen LogP contribution >= 0.6 is 11.8 Å². The number of fused-ring (bicyclic) bond motifs is 1. The van der Waals surface area contributed by atoms with Crippen molar-refractivity contribution in [2.24, 2.45) is 0 Å². The predicted molar refractivity (Wildman–Crippen MR) is 103 cm³/mol. The van der Waals surface area contributed by atoms with Crippen molar-refractivity contribution in [3.05, 3.63) is 41.9 Å². The van der Waals surface area contributed by atoms with Crippen LogP contribution < -0.4 is 5.32 Å². The third-order valence-corrected chi connectivity index (χ3v) is 5.80. The van der Waals surface area contributed by atoms with Crippen molar-refractivity contribution in [3.63, 3.8) is 0 Å². The third kappa shape index (κ3) is 3.93. The minimum atomic E-state index is 0.0158. The van der Waals surface area contributed by atoms with E-state index in [1.165, 1.54) is 48.4 Å². The van der Waals surface area contributed by atoms with E-state index in [2.05, 4.69) is 37.6 Å². The number of para-hydroxylation sites is 1. The summed E-state index contributed by atoms with van der Waals surface area (Å²) >= 11 is 1.39. The summed E-state index contributed by atoms with van der Waals surface area (Å²) in [7, 11) is 0. The van der Waals surface area contributed by atoms with Gasteiger partial charge in [0.05, 0.1) is 5.75 Å². The van der Waals surface area contributed by atoms with Gasteiger partial charge in [0, 0.05) is 29.6 Å². The third-order valence-electron chi connectivity index (χ3n) is 4.95. The number of H-pyrrole nitrogens is 2. The number of aromatic amines is 2. The van der Waals surface area contributed by atoms with Crippen molar-refractivity contribution in [1.82, 2.24) is 25.5 Å². The summed E-state index contributed by atoms with van der Waals surface area (Å²) in [4.78, 5) is 19.9. The Labute approximate surface area is 156 Å². The van der Waals surface area contributed by atoms with Gasteiger partial charge >= 0.3 is 0 Å². The largest absolute Gasteiger partial charge is 0.361 e. The highest BCUT2D eigenvalue weighted by Gasteiger charge is 2.20. The van der Waals surface area contributed by atoms with Crippen LogP contribution in [0, 0.1) is 0 Å². The number of carbonyl (C=O) groups is 1. The number of carbonyl (C=O) groups excluding carboxylic acids is 1. The molecule has 0 radical (unpaired) electrons. The average molecular weight is 369 g/mol. The van der Waals surface area contributed by atoms with Gasteiger partial charge in [0.1, 0.15) is 5.82 Å². The summed E-state index contributed by atoms with van der Waals surface area (Å²) in [6, 6.07) is 8.21. The van der Waals surface area contributed by atoms with E-state index in [1.807, 2.05) is 18.3 Å². The normalized spacial score (nSPS) is 14.9. The Morgan fingerprint density at radius 1 is 1.27 bits per heavy atom. The smallest absolute Gasteiger partial charge is 0.230 e. The standard InChI is InChI=1S/C19H23N5OS/c25-17(12-26-19-22-18(23-24-19)13-5-1-2-6-13)20-10-9-14-11-21-16-8-4-3-7-15(14)16/h3-4,7-8,11,13,21H,1-2,5-6,9-10,12H2,(H,20,25)(H,22,23,24). The van der Waals surface area contributed by atoms with Crippen LogP contribution in [-0.2, 0) is 11.2 Å². The summed E-state index contributed by atoms with van der Waals surface area (Å²) in [5.74, 6) is 1.85.